The summed E-state index contributed by atoms with van der Waals surface area (Å²) in [6, 6.07) is 67.2. The molecule has 6 unspecified atom stereocenters. The van der Waals surface area contributed by atoms with E-state index in [-0.39, 0.29) is 66.3 Å². The van der Waals surface area contributed by atoms with Crippen molar-refractivity contribution in [3.05, 3.63) is 351 Å². The highest BCUT2D eigenvalue weighted by Gasteiger charge is 2.37. The lowest BCUT2D eigenvalue weighted by molar-refractivity contribution is -0.137. The Morgan fingerprint density at radius 3 is 0.917 bits per heavy atom. The predicted molar refractivity (Wildman–Crippen MR) is 537 cm³/mol. The van der Waals surface area contributed by atoms with E-state index < -0.39 is 118 Å². The second-order valence-electron chi connectivity index (χ2n) is 33.2. The lowest BCUT2D eigenvalue weighted by Gasteiger charge is -2.21. The van der Waals surface area contributed by atoms with E-state index in [1.54, 1.807) is 133 Å². The Kier molecular flexibility index (Phi) is 37.4. The molecule has 15 rings (SSSR count). The van der Waals surface area contributed by atoms with Crippen LogP contribution in [0.5, 0.6) is 0 Å². The van der Waals surface area contributed by atoms with Crippen LogP contribution in [0.2, 0.25) is 10.0 Å². The Balaban J connectivity index is 0.000000173. The fourth-order valence-electron chi connectivity index (χ4n) is 15.3. The second kappa shape index (κ2) is 50.4. The lowest BCUT2D eigenvalue weighted by Crippen LogP contribution is -2.49. The van der Waals surface area contributed by atoms with Gasteiger partial charge in [-0.2, -0.15) is 0 Å². The van der Waals surface area contributed by atoms with E-state index in [0.717, 1.165) is 38.7 Å². The molecule has 0 saturated heterocycles. The Hall–Kier alpha value is -17.8. The van der Waals surface area contributed by atoms with Crippen molar-refractivity contribution in [3.8, 4) is 56.3 Å². The number of fused-ring (bicyclic) bond motifs is 1. The Bertz CT molecular complexity index is 7050. The number of halogens is 2. The molecule has 6 atom stereocenters. The Labute approximate surface area is 840 Å². The molecular weight excluding hydrogens is 1900 g/mol. The fourth-order valence-corrected chi connectivity index (χ4v) is 15.8. The summed E-state index contributed by atoms with van der Waals surface area (Å²) in [5.74, 6) is -12.1. The van der Waals surface area contributed by atoms with Crippen LogP contribution in [0.1, 0.15) is 142 Å². The number of oxazole rings is 5. The van der Waals surface area contributed by atoms with Crippen molar-refractivity contribution in [3.63, 3.8) is 0 Å². The molecule has 6 aromatic heterocycles. The molecule has 145 heavy (non-hydrogen) atoms. The van der Waals surface area contributed by atoms with E-state index in [1.165, 1.54) is 6.07 Å². The van der Waals surface area contributed by atoms with Gasteiger partial charge in [-0.3, -0.25) is 71.9 Å². The number of H-pyrrole nitrogens is 1. The highest BCUT2D eigenvalue weighted by atomic mass is 35.5. The van der Waals surface area contributed by atoms with E-state index in [4.69, 9.17) is 74.0 Å². The van der Waals surface area contributed by atoms with Crippen molar-refractivity contribution in [2.24, 2.45) is 34.6 Å². The number of aryl methyl sites for hydroxylation is 8. The van der Waals surface area contributed by atoms with Crippen molar-refractivity contribution >= 4 is 122 Å². The Morgan fingerprint density at radius 2 is 0.600 bits per heavy atom. The van der Waals surface area contributed by atoms with E-state index in [9.17, 15) is 71.9 Å². The van der Waals surface area contributed by atoms with Crippen molar-refractivity contribution < 1.29 is 94.0 Å². The van der Waals surface area contributed by atoms with Crippen LogP contribution in [0.15, 0.2) is 271 Å². The zero-order valence-electron chi connectivity index (χ0n) is 79.9. The number of carbonyl (C=O) groups is 15. The molecule has 15 aromatic rings. The first kappa shape index (κ1) is 108. The molecule has 38 heteroatoms. The number of ketones is 5. The van der Waals surface area contributed by atoms with Crippen LogP contribution in [0.3, 0.4) is 0 Å². The molecule has 0 aliphatic rings. The van der Waals surface area contributed by atoms with Crippen LogP contribution in [-0.2, 0) is 73.6 Å². The monoisotopic (exact) mass is 2000 g/mol. The predicted octanol–water partition coefficient (Wildman–Crippen LogP) is 12.8. The molecule has 10 amide bonds. The summed E-state index contributed by atoms with van der Waals surface area (Å²) >= 11 is 12.0. The first-order valence-electron chi connectivity index (χ1n) is 45.2. The van der Waals surface area contributed by atoms with Gasteiger partial charge in [-0.15, -0.1) is 0 Å². The number of primary amides is 5. The van der Waals surface area contributed by atoms with Crippen LogP contribution in [-0.4, -0.2) is 148 Å². The van der Waals surface area contributed by atoms with Gasteiger partial charge in [0.2, 0.25) is 57.7 Å². The molecule has 0 spiro atoms. The summed E-state index contributed by atoms with van der Waals surface area (Å²) in [5, 5.41) is 14.5. The number of rotatable bonds is 36. The van der Waals surface area contributed by atoms with Crippen LogP contribution in [0.4, 0.5) is 0 Å². The summed E-state index contributed by atoms with van der Waals surface area (Å²) in [6.45, 7) is 15.6. The zero-order valence-corrected chi connectivity index (χ0v) is 81.4. The van der Waals surface area contributed by atoms with Crippen molar-refractivity contribution in [1.82, 2.24) is 56.5 Å². The molecule has 6 heterocycles. The van der Waals surface area contributed by atoms with E-state index in [0.29, 0.717) is 108 Å². The first-order chi connectivity index (χ1) is 69.2. The van der Waals surface area contributed by atoms with Crippen molar-refractivity contribution in [2.75, 3.05) is 0 Å². The maximum absolute atomic E-state index is 13.0. The van der Waals surface area contributed by atoms with E-state index in [2.05, 4.69) is 56.5 Å². The van der Waals surface area contributed by atoms with Crippen LogP contribution >= 0.6 is 23.2 Å². The third-order valence-corrected chi connectivity index (χ3v) is 22.6. The van der Waals surface area contributed by atoms with Gasteiger partial charge in [-0.25, -0.2) is 24.9 Å². The van der Waals surface area contributed by atoms with Crippen molar-refractivity contribution in [2.45, 2.75) is 131 Å². The van der Waals surface area contributed by atoms with Gasteiger partial charge in [0, 0.05) is 109 Å². The summed E-state index contributed by atoms with van der Waals surface area (Å²) in [5.41, 5.74) is 37.1. The maximum Gasteiger partial charge on any atom is 0.290 e. The normalized spacial score (nSPS) is 12.0. The number of carbonyl (C=O) groups excluding carboxylic acids is 15. The molecule has 0 aliphatic heterocycles. The second-order valence-corrected chi connectivity index (χ2v) is 34.1. The average molecular weight is 2000 g/mol. The number of nitrogens with one attached hydrogen (secondary N) is 6. The van der Waals surface area contributed by atoms with E-state index >= 15 is 0 Å². The largest absolute Gasteiger partial charge is 0.435 e. The molecule has 0 radical (unpaired) electrons. The third-order valence-electron chi connectivity index (χ3n) is 22.2. The number of nitrogens with two attached hydrogens (primary N) is 5. The smallest absolute Gasteiger partial charge is 0.290 e. The molecule has 744 valence electrons. The Morgan fingerprint density at radius 1 is 0.324 bits per heavy atom. The minimum Gasteiger partial charge on any atom is -0.435 e. The minimum absolute atomic E-state index is 0.00530. The quantitative estimate of drug-likeness (QED) is 0.0162. The van der Waals surface area contributed by atoms with Gasteiger partial charge in [0.05, 0.1) is 6.04 Å². The van der Waals surface area contributed by atoms with Crippen LogP contribution in [0.25, 0.3) is 67.2 Å². The van der Waals surface area contributed by atoms with Gasteiger partial charge in [0.25, 0.3) is 59.1 Å². The minimum atomic E-state index is -1.24. The van der Waals surface area contributed by atoms with Gasteiger partial charge < -0.3 is 82.3 Å². The highest BCUT2D eigenvalue weighted by Crippen LogP contribution is 2.32. The topological polar surface area (TPSA) is 592 Å². The molecule has 16 N–H and O–H groups in total. The maximum atomic E-state index is 13.0. The van der Waals surface area contributed by atoms with Gasteiger partial charge >= 0.3 is 0 Å². The standard InChI is InChI=1S/C23H20N4O4.C23H23N3O4.C22H21N3O4.C21H17Cl2N3O4.C18H21N3O4/c1-13-26-19(14-7-3-2-4-8-14)21(31-13)23(30)27-18(20(28)22(24)29)11-15-12-25-17-10-6-5-9-16(15)17;1-13-9-14(2)11-16(10-13)12-18(20(27)22(24)28)26-23(29)21-19(25-15(3)30-21)17-7-5-4-6-8-17;1-14-24-18(16-10-6-3-7-11-16)20(29-14)22(28)25-17(19(26)21(23)27)13-12-15-8-4-2-5-9-15;1-11-25-17(13-5-3-2-4-6-13)19(30-11)21(29)26-16(18(27)20(24)28)9-12-7-14(22)10-15(23)8-12;1-4-10(2)13(15(22)17(19)23)21-18(24)16-14(20-11(3)25-16)12-8-6-5-7-9-12/h2-10,12,18,25H,11H2,1H3,(H2,24,29)(H,27,30);4-11,18H,12H2,1-3H3,(H2,24,28)(H,26,29);2-11,17H,12-13H2,1H3,(H2,23,27)(H,25,28);2-8,10,16H,9H2,1H3,(H2,24,28)(H,26,29);5-10,13H,4H2,1-3H3,(H2,19,23)(H,21,24). The highest BCUT2D eigenvalue weighted by molar-refractivity contribution is 6.40. The summed E-state index contributed by atoms with van der Waals surface area (Å²) < 4.78 is 27.4. The number of hydrogen-bond donors (Lipinski definition) is 11. The fraction of sp³-hybridized carbons (Fsp3) is 0.196. The molecule has 36 nitrogen and oxygen atoms in total. The number of Topliss-reactive ketones (excluding diaryl/α,β-unsaturated/α-hetero) is 5. The van der Waals surface area contributed by atoms with Gasteiger partial charge in [0.15, 0.2) is 29.5 Å². The number of hydrogen-bond acceptors (Lipinski definition) is 25. The SMILES string of the molecule is CCC(C)C(NC(=O)c1oc(C)nc1-c1ccccc1)C(=O)C(N)=O.Cc1cc(C)cc(CC(NC(=O)c2oc(C)nc2-c2ccccc2)C(=O)C(N)=O)c1.Cc1nc(-c2ccccc2)c(C(=O)NC(CCc2ccccc2)C(=O)C(N)=O)o1.Cc1nc(-c2ccccc2)c(C(=O)NC(Cc2c[nH]c3ccccc23)C(=O)C(N)=O)o1.Cc1nc(-c2ccccc2)c(C(=O)NC(Cc2cc(Cl)cc(Cl)c2)C(=O)C(N)=O)o1. The van der Waals surface area contributed by atoms with Gasteiger partial charge in [-0.1, -0.05) is 273 Å². The molecule has 0 bridgehead atoms. The number of nitrogens with zero attached hydrogens (tertiary/aromatic N) is 5. The summed E-state index contributed by atoms with van der Waals surface area (Å²) in [4.78, 5) is 208. The molecular formula is C107H102Cl2N16O20. The number of para-hydroxylation sites is 1. The zero-order chi connectivity index (χ0) is 105. The number of aromatic nitrogens is 6. The summed E-state index contributed by atoms with van der Waals surface area (Å²) in [7, 11) is 0. The molecule has 0 aliphatic carbocycles. The van der Waals surface area contributed by atoms with Gasteiger partial charge in [-0.05, 0) is 79.1 Å². The van der Waals surface area contributed by atoms with Crippen LogP contribution in [0, 0.1) is 54.4 Å². The first-order valence-corrected chi connectivity index (χ1v) is 46.0. The molecule has 0 fully saturated rings. The van der Waals surface area contributed by atoms with Gasteiger partial charge in [0.1, 0.15) is 52.6 Å². The number of aromatic amines is 1. The number of amides is 10. The number of benzene rings is 9. The van der Waals surface area contributed by atoms with Crippen LogP contribution < -0.4 is 55.3 Å². The third kappa shape index (κ3) is 29.4. The van der Waals surface area contributed by atoms with Crippen molar-refractivity contribution in [1.29, 1.82) is 0 Å². The molecule has 9 aromatic carbocycles. The van der Waals surface area contributed by atoms with E-state index in [1.807, 2.05) is 172 Å². The summed E-state index contributed by atoms with van der Waals surface area (Å²) in [6.07, 6.45) is 3.23. The lowest BCUT2D eigenvalue weighted by atomic mass is 9.95. The average Bonchev–Trinajstić information content (AvgIpc) is 1.71. The molecule has 0 saturated carbocycles.